The molecule has 0 saturated carbocycles. The van der Waals surface area contributed by atoms with Crippen molar-refractivity contribution in [2.75, 3.05) is 6.54 Å². The predicted octanol–water partition coefficient (Wildman–Crippen LogP) is 1.59. The number of aryl methyl sites for hydroxylation is 1. The minimum absolute atomic E-state index is 0.00505. The van der Waals surface area contributed by atoms with E-state index in [0.29, 0.717) is 5.56 Å². The molecule has 0 saturated heterocycles. The number of ether oxygens (including phenoxy) is 1. The Labute approximate surface area is 86.5 Å². The van der Waals surface area contributed by atoms with Gasteiger partial charge in [-0.2, -0.15) is 8.78 Å². The van der Waals surface area contributed by atoms with Crippen molar-refractivity contribution in [3.8, 4) is 5.75 Å². The molecule has 15 heavy (non-hydrogen) atoms. The van der Waals surface area contributed by atoms with E-state index in [1.807, 2.05) is 0 Å². The molecule has 0 heterocycles. The highest BCUT2D eigenvalue weighted by molar-refractivity contribution is 5.42. The maximum absolute atomic E-state index is 12.1. The van der Waals surface area contributed by atoms with E-state index in [-0.39, 0.29) is 17.9 Å². The second kappa shape index (κ2) is 5.04. The van der Waals surface area contributed by atoms with E-state index >= 15 is 0 Å². The first-order valence-electron chi connectivity index (χ1n) is 4.48. The topological polar surface area (TPSA) is 55.5 Å². The van der Waals surface area contributed by atoms with Gasteiger partial charge in [-0.25, -0.2) is 0 Å². The molecule has 1 atom stereocenters. The van der Waals surface area contributed by atoms with Gasteiger partial charge in [-0.15, -0.1) is 0 Å². The summed E-state index contributed by atoms with van der Waals surface area (Å²) in [6.45, 7) is -1.32. The van der Waals surface area contributed by atoms with Gasteiger partial charge in [0, 0.05) is 12.1 Å². The van der Waals surface area contributed by atoms with Gasteiger partial charge in [0.05, 0.1) is 6.10 Å². The van der Waals surface area contributed by atoms with E-state index in [0.717, 1.165) is 0 Å². The van der Waals surface area contributed by atoms with Gasteiger partial charge in [-0.3, -0.25) is 0 Å². The number of aliphatic hydroxyl groups excluding tert-OH is 1. The van der Waals surface area contributed by atoms with Crippen LogP contribution in [0.1, 0.15) is 17.2 Å². The van der Waals surface area contributed by atoms with Gasteiger partial charge in [0.1, 0.15) is 5.75 Å². The molecule has 5 heteroatoms. The van der Waals surface area contributed by atoms with Crippen molar-refractivity contribution in [3.63, 3.8) is 0 Å². The number of nitrogens with two attached hydrogens (primary N) is 1. The van der Waals surface area contributed by atoms with Crippen LogP contribution in [0, 0.1) is 6.92 Å². The van der Waals surface area contributed by atoms with E-state index in [1.165, 1.54) is 6.07 Å². The molecule has 0 fully saturated rings. The lowest BCUT2D eigenvalue weighted by molar-refractivity contribution is -0.0519. The summed E-state index contributed by atoms with van der Waals surface area (Å²) in [5, 5.41) is 9.50. The second-order valence-corrected chi connectivity index (χ2v) is 3.12. The number of halogens is 2. The molecule has 1 aromatic carbocycles. The van der Waals surface area contributed by atoms with Crippen LogP contribution in [0.3, 0.4) is 0 Å². The average Bonchev–Trinajstić information content (AvgIpc) is 2.19. The normalized spacial score (nSPS) is 12.9. The number of rotatable bonds is 4. The first-order valence-corrected chi connectivity index (χ1v) is 4.48. The summed E-state index contributed by atoms with van der Waals surface area (Å²) in [6.07, 6.45) is -0.987. The third kappa shape index (κ3) is 2.87. The lowest BCUT2D eigenvalue weighted by Gasteiger charge is -2.16. The second-order valence-electron chi connectivity index (χ2n) is 3.12. The summed E-state index contributed by atoms with van der Waals surface area (Å²) >= 11 is 0. The fourth-order valence-corrected chi connectivity index (χ4v) is 1.31. The molecule has 3 N–H and O–H groups in total. The number of benzene rings is 1. The van der Waals surface area contributed by atoms with Gasteiger partial charge in [0.25, 0.3) is 0 Å². The Bertz CT molecular complexity index is 331. The number of para-hydroxylation sites is 1. The first-order chi connectivity index (χ1) is 7.06. The highest BCUT2D eigenvalue weighted by atomic mass is 19.3. The largest absolute Gasteiger partial charge is 0.434 e. The molecule has 0 spiro atoms. The highest BCUT2D eigenvalue weighted by Crippen LogP contribution is 2.29. The van der Waals surface area contributed by atoms with Crippen molar-refractivity contribution < 1.29 is 18.6 Å². The maximum atomic E-state index is 12.1. The maximum Gasteiger partial charge on any atom is 0.387 e. The van der Waals surface area contributed by atoms with Crippen LogP contribution in [0.15, 0.2) is 18.2 Å². The Kier molecular flexibility index (Phi) is 3.99. The Morgan fingerprint density at radius 3 is 2.67 bits per heavy atom. The van der Waals surface area contributed by atoms with Crippen molar-refractivity contribution in [2.45, 2.75) is 19.6 Å². The summed E-state index contributed by atoms with van der Waals surface area (Å²) in [5.41, 5.74) is 6.09. The Hall–Kier alpha value is -1.20. The van der Waals surface area contributed by atoms with Gasteiger partial charge in [-0.1, -0.05) is 18.2 Å². The zero-order valence-electron chi connectivity index (χ0n) is 8.28. The number of alkyl halides is 2. The predicted molar refractivity (Wildman–Crippen MR) is 51.8 cm³/mol. The number of hydrogen-bond donors (Lipinski definition) is 2. The van der Waals surface area contributed by atoms with Crippen molar-refractivity contribution >= 4 is 0 Å². The van der Waals surface area contributed by atoms with E-state index < -0.39 is 12.7 Å². The van der Waals surface area contributed by atoms with Crippen LogP contribution in [-0.4, -0.2) is 18.3 Å². The molecule has 0 aliphatic carbocycles. The zero-order valence-corrected chi connectivity index (χ0v) is 8.28. The minimum Gasteiger partial charge on any atom is -0.434 e. The van der Waals surface area contributed by atoms with Crippen LogP contribution in [0.5, 0.6) is 5.75 Å². The fourth-order valence-electron chi connectivity index (χ4n) is 1.31. The summed E-state index contributed by atoms with van der Waals surface area (Å²) in [5.74, 6) is 0.00505. The van der Waals surface area contributed by atoms with Crippen LogP contribution in [-0.2, 0) is 0 Å². The van der Waals surface area contributed by atoms with Crippen LogP contribution >= 0.6 is 0 Å². The lowest BCUT2D eigenvalue weighted by atomic mass is 10.0. The quantitative estimate of drug-likeness (QED) is 0.805. The fraction of sp³-hybridized carbons (Fsp3) is 0.400. The van der Waals surface area contributed by atoms with Crippen molar-refractivity contribution in [1.29, 1.82) is 0 Å². The molecule has 1 rings (SSSR count). The van der Waals surface area contributed by atoms with Gasteiger partial charge in [0.15, 0.2) is 0 Å². The van der Waals surface area contributed by atoms with Crippen molar-refractivity contribution in [3.05, 3.63) is 29.3 Å². The monoisotopic (exact) mass is 217 g/mol. The van der Waals surface area contributed by atoms with Gasteiger partial charge >= 0.3 is 6.61 Å². The molecule has 0 radical (unpaired) electrons. The molecule has 0 unspecified atom stereocenters. The number of aliphatic hydroxyl groups is 1. The molecule has 0 aliphatic heterocycles. The van der Waals surface area contributed by atoms with E-state index in [1.54, 1.807) is 19.1 Å². The smallest absolute Gasteiger partial charge is 0.387 e. The SMILES string of the molecule is Cc1cccc([C@H](O)CN)c1OC(F)F. The third-order valence-corrected chi connectivity index (χ3v) is 2.03. The van der Waals surface area contributed by atoms with E-state index in [4.69, 9.17) is 5.73 Å². The first kappa shape index (κ1) is 11.9. The molecule has 0 aromatic heterocycles. The summed E-state index contributed by atoms with van der Waals surface area (Å²) in [7, 11) is 0. The average molecular weight is 217 g/mol. The van der Waals surface area contributed by atoms with Crippen LogP contribution in [0.25, 0.3) is 0 Å². The molecule has 0 amide bonds. The van der Waals surface area contributed by atoms with Crippen molar-refractivity contribution in [1.82, 2.24) is 0 Å². The third-order valence-electron chi connectivity index (χ3n) is 2.03. The Morgan fingerprint density at radius 2 is 2.13 bits per heavy atom. The van der Waals surface area contributed by atoms with E-state index in [9.17, 15) is 13.9 Å². The number of hydrogen-bond acceptors (Lipinski definition) is 3. The minimum atomic E-state index is -2.91. The summed E-state index contributed by atoms with van der Waals surface area (Å²) < 4.78 is 28.6. The van der Waals surface area contributed by atoms with Gasteiger partial charge < -0.3 is 15.6 Å². The molecule has 0 bridgehead atoms. The zero-order chi connectivity index (χ0) is 11.4. The molecule has 84 valence electrons. The van der Waals surface area contributed by atoms with Crippen LogP contribution in [0.4, 0.5) is 8.78 Å². The highest BCUT2D eigenvalue weighted by Gasteiger charge is 2.16. The summed E-state index contributed by atoms with van der Waals surface area (Å²) in [6, 6.07) is 4.80. The van der Waals surface area contributed by atoms with Gasteiger partial charge in [-0.05, 0) is 12.5 Å². The molecule has 0 aliphatic rings. The van der Waals surface area contributed by atoms with Gasteiger partial charge in [0.2, 0.25) is 0 Å². The lowest BCUT2D eigenvalue weighted by Crippen LogP contribution is -2.14. The van der Waals surface area contributed by atoms with Crippen LogP contribution < -0.4 is 10.5 Å². The standard InChI is InChI=1S/C10H13F2NO2/c1-6-3-2-4-7(8(14)5-13)9(6)15-10(11)12/h2-4,8,10,14H,5,13H2,1H3/t8-/m1/s1. The van der Waals surface area contributed by atoms with Crippen LogP contribution in [0.2, 0.25) is 0 Å². The summed E-state index contributed by atoms with van der Waals surface area (Å²) in [4.78, 5) is 0. The molecule has 1 aromatic rings. The molecule has 3 nitrogen and oxygen atoms in total. The van der Waals surface area contributed by atoms with Crippen molar-refractivity contribution in [2.24, 2.45) is 5.73 Å². The Balaban J connectivity index is 3.08. The Morgan fingerprint density at radius 1 is 1.47 bits per heavy atom. The van der Waals surface area contributed by atoms with E-state index in [2.05, 4.69) is 4.74 Å². The molecular formula is C10H13F2NO2. The molecular weight excluding hydrogens is 204 g/mol.